The fraction of sp³-hybridized carbons (Fsp3) is 0.486. The van der Waals surface area contributed by atoms with Crippen molar-refractivity contribution < 1.29 is 27.2 Å². The number of halogens is 5. The highest BCUT2D eigenvalue weighted by molar-refractivity contribution is 6.34. The summed E-state index contributed by atoms with van der Waals surface area (Å²) in [6.07, 6.45) is 5.72. The lowest BCUT2D eigenvalue weighted by Crippen LogP contribution is -2.64. The van der Waals surface area contributed by atoms with E-state index in [1.165, 1.54) is 19.3 Å². The van der Waals surface area contributed by atoms with Crippen LogP contribution in [0.2, 0.25) is 5.02 Å². The van der Waals surface area contributed by atoms with Gasteiger partial charge in [0.05, 0.1) is 57.2 Å². The Kier molecular flexibility index (Phi) is 9.21. The first-order valence-electron chi connectivity index (χ1n) is 17.6. The number of carbonyl (C=O) groups excluding carboxylic acids is 2. The number of aromatic nitrogens is 4. The number of benzene rings is 1. The van der Waals surface area contributed by atoms with E-state index in [0.717, 1.165) is 32.0 Å². The van der Waals surface area contributed by atoms with Crippen LogP contribution in [-0.4, -0.2) is 73.9 Å². The normalized spacial score (nSPS) is 21.6. The second-order valence-electron chi connectivity index (χ2n) is 15.1. The van der Waals surface area contributed by atoms with Gasteiger partial charge >= 0.3 is 0 Å². The first-order valence-corrected chi connectivity index (χ1v) is 18.0. The van der Waals surface area contributed by atoms with Gasteiger partial charge in [-0.05, 0) is 91.6 Å². The molecule has 2 aliphatic heterocycles. The number of imidazole rings is 1. The summed E-state index contributed by atoms with van der Waals surface area (Å²) in [5, 5.41) is 3.95. The third kappa shape index (κ3) is 6.07. The predicted molar refractivity (Wildman–Crippen MR) is 191 cm³/mol. The number of carbonyl (C=O) groups is 2. The maximum Gasteiger partial charge on any atom is 0.255 e. The Balaban J connectivity index is 1.28. The van der Waals surface area contributed by atoms with Gasteiger partial charge in [-0.15, -0.1) is 0 Å². The molecule has 2 N–H and O–H groups in total. The molecule has 52 heavy (non-hydrogen) atoms. The number of pyridine rings is 2. The van der Waals surface area contributed by atoms with Crippen LogP contribution in [0.4, 0.5) is 34.8 Å². The maximum absolute atomic E-state index is 15.4. The van der Waals surface area contributed by atoms with Gasteiger partial charge in [0.1, 0.15) is 5.52 Å². The van der Waals surface area contributed by atoms with Gasteiger partial charge in [0.25, 0.3) is 12.3 Å². The number of anilines is 3. The number of piperidine rings is 1. The van der Waals surface area contributed by atoms with E-state index in [2.05, 4.69) is 22.1 Å². The van der Waals surface area contributed by atoms with Gasteiger partial charge in [0, 0.05) is 29.4 Å². The van der Waals surface area contributed by atoms with Crippen LogP contribution in [0.1, 0.15) is 88.8 Å². The summed E-state index contributed by atoms with van der Waals surface area (Å²) in [4.78, 5) is 45.3. The number of hydrogen-bond donors (Lipinski definition) is 2. The van der Waals surface area contributed by atoms with Crippen LogP contribution in [0.15, 0.2) is 30.7 Å². The Morgan fingerprint density at radius 1 is 1.04 bits per heavy atom. The molecule has 15 heteroatoms. The Hall–Kier alpha value is -4.30. The van der Waals surface area contributed by atoms with Crippen molar-refractivity contribution >= 4 is 51.6 Å². The number of amides is 2. The summed E-state index contributed by atoms with van der Waals surface area (Å²) in [6, 6.07) is 4.52. The molecular weight excluding hydrogens is 700 g/mol. The number of hydrogen-bond acceptors (Lipinski definition) is 7. The molecule has 10 nitrogen and oxygen atoms in total. The number of likely N-dealkylation sites (tertiary alicyclic amines) is 1. The number of alkyl halides is 2. The molecule has 4 aromatic rings. The molecule has 5 heterocycles. The minimum atomic E-state index is -2.86. The smallest absolute Gasteiger partial charge is 0.255 e. The summed E-state index contributed by atoms with van der Waals surface area (Å²) in [5.41, 5.74) is 1.49. The molecule has 2 fully saturated rings. The first kappa shape index (κ1) is 36.1. The van der Waals surface area contributed by atoms with Crippen molar-refractivity contribution in [3.05, 3.63) is 58.6 Å². The van der Waals surface area contributed by atoms with E-state index >= 15 is 8.78 Å². The molecule has 0 spiro atoms. The molecule has 2 amide bonds. The van der Waals surface area contributed by atoms with Gasteiger partial charge in [-0.2, -0.15) is 0 Å². The highest BCUT2D eigenvalue weighted by atomic mass is 35.5. The largest absolute Gasteiger partial charge is 0.346 e. The number of rotatable bonds is 9. The van der Waals surface area contributed by atoms with Crippen LogP contribution in [0.5, 0.6) is 0 Å². The van der Waals surface area contributed by atoms with Crippen molar-refractivity contribution in [1.29, 1.82) is 0 Å². The van der Waals surface area contributed by atoms with Crippen molar-refractivity contribution in [3.8, 4) is 11.3 Å². The zero-order valence-corrected chi connectivity index (χ0v) is 30.4. The summed E-state index contributed by atoms with van der Waals surface area (Å²) in [5.74, 6) is -3.93. The summed E-state index contributed by atoms with van der Waals surface area (Å²) in [6.45, 7) is 11.0. The summed E-state index contributed by atoms with van der Waals surface area (Å²) >= 11 is 5.96. The predicted octanol–water partition coefficient (Wildman–Crippen LogP) is 7.78. The molecule has 1 saturated carbocycles. The van der Waals surface area contributed by atoms with Gasteiger partial charge in [-0.3, -0.25) is 19.5 Å². The molecule has 1 aromatic carbocycles. The Bertz CT molecular complexity index is 2070. The maximum atomic E-state index is 15.4. The lowest BCUT2D eigenvalue weighted by Gasteiger charge is -2.55. The molecule has 3 aliphatic rings. The van der Waals surface area contributed by atoms with Crippen LogP contribution in [0.25, 0.3) is 22.3 Å². The van der Waals surface area contributed by atoms with E-state index in [1.807, 2.05) is 44.0 Å². The Morgan fingerprint density at radius 3 is 2.42 bits per heavy atom. The lowest BCUT2D eigenvalue weighted by atomic mass is 9.71. The molecule has 0 bridgehead atoms. The second kappa shape index (κ2) is 13.3. The average Bonchev–Trinajstić information content (AvgIpc) is 3.62. The zero-order chi connectivity index (χ0) is 37.3. The second-order valence-corrected chi connectivity index (χ2v) is 15.5. The SMILES string of the molecule is CC(C)n1cnc2cc(-c3cnc4c(c3)N(C3CC(C)(N5CCCCC5)C3)C(=O)C4(C)C)nc(Nc3cc(C(=O)NCC(F)F)c(Cl)c(F)c3F)c21. The van der Waals surface area contributed by atoms with Gasteiger partial charge in [-0.1, -0.05) is 18.0 Å². The standard InChI is InChI=1S/C37H41ClF4N8O2/c1-19(2)49-18-45-25-13-23(46-33(31(25)49)47-24-12-22(28(38)30(42)29(24)41)34(51)44-17-27(39)40)20-11-26-32(43-16-20)36(3,4)35(52)50(26)21-14-37(5,15-21)48-9-7-6-8-10-48/h11-13,16,18-19,21,27H,6-10,14-15,17H2,1-5H3,(H,44,51)(H,46,47). The van der Waals surface area contributed by atoms with Crippen LogP contribution in [0, 0.1) is 11.6 Å². The van der Waals surface area contributed by atoms with Crippen LogP contribution >= 0.6 is 11.6 Å². The minimum absolute atomic E-state index is 0.00656. The van der Waals surface area contributed by atoms with E-state index in [9.17, 15) is 18.4 Å². The van der Waals surface area contributed by atoms with Crippen LogP contribution < -0.4 is 15.5 Å². The Morgan fingerprint density at radius 2 is 1.75 bits per heavy atom. The highest BCUT2D eigenvalue weighted by Crippen LogP contribution is 2.50. The van der Waals surface area contributed by atoms with Crippen molar-refractivity contribution in [2.45, 2.75) is 96.2 Å². The first-order chi connectivity index (χ1) is 24.6. The van der Waals surface area contributed by atoms with E-state index in [0.29, 0.717) is 33.7 Å². The summed E-state index contributed by atoms with van der Waals surface area (Å²) < 4.78 is 57.9. The van der Waals surface area contributed by atoms with Gasteiger partial charge < -0.3 is 20.1 Å². The van der Waals surface area contributed by atoms with Crippen molar-refractivity contribution in [1.82, 2.24) is 29.7 Å². The van der Waals surface area contributed by atoms with E-state index in [1.54, 1.807) is 23.2 Å². The van der Waals surface area contributed by atoms with Gasteiger partial charge in [0.15, 0.2) is 17.5 Å². The molecule has 276 valence electrons. The quantitative estimate of drug-likeness (QED) is 0.133. The molecule has 7 rings (SSSR count). The van der Waals surface area contributed by atoms with E-state index in [4.69, 9.17) is 21.6 Å². The van der Waals surface area contributed by atoms with Crippen molar-refractivity contribution in [2.75, 3.05) is 29.9 Å². The highest BCUT2D eigenvalue weighted by Gasteiger charge is 2.54. The topological polar surface area (TPSA) is 108 Å². The fourth-order valence-electron chi connectivity index (χ4n) is 7.90. The number of fused-ring (bicyclic) bond motifs is 2. The lowest BCUT2D eigenvalue weighted by molar-refractivity contribution is -0.123. The fourth-order valence-corrected chi connectivity index (χ4v) is 8.13. The van der Waals surface area contributed by atoms with Crippen LogP contribution in [-0.2, 0) is 10.2 Å². The number of nitrogens with zero attached hydrogens (tertiary/aromatic N) is 6. The molecule has 0 atom stereocenters. The zero-order valence-electron chi connectivity index (χ0n) is 29.7. The third-order valence-corrected chi connectivity index (χ3v) is 11.1. The Labute approximate surface area is 303 Å². The molecule has 0 radical (unpaired) electrons. The van der Waals surface area contributed by atoms with Gasteiger partial charge in [0.2, 0.25) is 5.91 Å². The minimum Gasteiger partial charge on any atom is -0.346 e. The summed E-state index contributed by atoms with van der Waals surface area (Å²) in [7, 11) is 0. The molecule has 1 saturated heterocycles. The van der Waals surface area contributed by atoms with Crippen LogP contribution in [0.3, 0.4) is 0 Å². The van der Waals surface area contributed by atoms with E-state index < -0.39 is 52.2 Å². The monoisotopic (exact) mass is 740 g/mol. The molecule has 3 aromatic heterocycles. The number of nitrogens with one attached hydrogen (secondary N) is 2. The average molecular weight is 741 g/mol. The molecular formula is C37H41ClF4N8O2. The van der Waals surface area contributed by atoms with Gasteiger partial charge in [-0.25, -0.2) is 27.5 Å². The van der Waals surface area contributed by atoms with Crippen molar-refractivity contribution in [2.24, 2.45) is 0 Å². The van der Waals surface area contributed by atoms with Crippen molar-refractivity contribution in [3.63, 3.8) is 0 Å². The molecule has 1 aliphatic carbocycles. The van der Waals surface area contributed by atoms with E-state index in [-0.39, 0.29) is 29.3 Å². The molecule has 0 unspecified atom stereocenters. The third-order valence-electron chi connectivity index (χ3n) is 10.8.